The molecule has 0 bridgehead atoms. The van der Waals surface area contributed by atoms with E-state index in [1.165, 1.54) is 0 Å². The van der Waals surface area contributed by atoms with Gasteiger partial charge in [0.15, 0.2) is 0 Å². The van der Waals surface area contributed by atoms with Crippen LogP contribution in [0.5, 0.6) is 0 Å². The smallest absolute Gasteiger partial charge is 0.381 e. The van der Waals surface area contributed by atoms with Gasteiger partial charge >= 0.3 is 18.0 Å². The zero-order valence-corrected chi connectivity index (χ0v) is 8.16. The van der Waals surface area contributed by atoms with Gasteiger partial charge in [-0.3, -0.25) is 4.99 Å². The Morgan fingerprint density at radius 3 is 2.18 bits per heavy atom. The predicted octanol–water partition coefficient (Wildman–Crippen LogP) is 2.38. The van der Waals surface area contributed by atoms with Crippen LogP contribution in [0.4, 0.5) is 30.7 Å². The van der Waals surface area contributed by atoms with Crippen molar-refractivity contribution >= 4 is 6.21 Å². The molecule has 17 heavy (non-hydrogen) atoms. The third-order valence-corrected chi connectivity index (χ3v) is 1.99. The van der Waals surface area contributed by atoms with Gasteiger partial charge in [-0.05, 0) is 6.08 Å². The summed E-state index contributed by atoms with van der Waals surface area (Å²) in [4.78, 5) is 3.46. The Morgan fingerprint density at radius 2 is 1.65 bits per heavy atom. The Bertz CT molecular complexity index is 342. The van der Waals surface area contributed by atoms with Crippen molar-refractivity contribution in [2.45, 2.75) is 18.0 Å². The van der Waals surface area contributed by atoms with Crippen molar-refractivity contribution in [3.05, 3.63) is 11.8 Å². The number of rotatable bonds is 2. The van der Waals surface area contributed by atoms with Crippen molar-refractivity contribution in [1.29, 1.82) is 0 Å². The maximum Gasteiger partial charge on any atom is 0.460 e. The van der Waals surface area contributed by atoms with Crippen LogP contribution in [0.25, 0.3) is 0 Å². The van der Waals surface area contributed by atoms with Crippen molar-refractivity contribution < 1.29 is 30.7 Å². The minimum atomic E-state index is -6.33. The first kappa shape index (κ1) is 13.8. The van der Waals surface area contributed by atoms with Gasteiger partial charge in [0.05, 0.1) is 12.2 Å². The van der Waals surface area contributed by atoms with Crippen LogP contribution in [0.3, 0.4) is 0 Å². The Balaban J connectivity index is 3.09. The van der Waals surface area contributed by atoms with Crippen LogP contribution in [-0.4, -0.2) is 37.3 Å². The molecule has 1 aliphatic rings. The van der Waals surface area contributed by atoms with E-state index in [4.69, 9.17) is 0 Å². The van der Waals surface area contributed by atoms with Gasteiger partial charge in [0.1, 0.15) is 0 Å². The molecule has 0 aliphatic carbocycles. The van der Waals surface area contributed by atoms with E-state index in [1.54, 1.807) is 5.32 Å². The summed E-state index contributed by atoms with van der Waals surface area (Å²) in [6.07, 6.45) is -5.16. The molecule has 0 amide bonds. The van der Waals surface area contributed by atoms with Gasteiger partial charge in [-0.25, -0.2) is 0 Å². The average Bonchev–Trinajstić information content (AvgIpc) is 2.43. The van der Waals surface area contributed by atoms with Crippen molar-refractivity contribution in [2.24, 2.45) is 4.99 Å². The summed E-state index contributed by atoms with van der Waals surface area (Å²) in [6.45, 7) is -0.237. The van der Waals surface area contributed by atoms with Gasteiger partial charge < -0.3 is 5.32 Å². The molecule has 0 radical (unpaired) electrons. The summed E-state index contributed by atoms with van der Waals surface area (Å²) >= 11 is 0. The molecule has 0 saturated carbocycles. The number of nitrogens with zero attached hydrogens (tertiary/aromatic N) is 1. The van der Waals surface area contributed by atoms with E-state index in [-0.39, 0.29) is 13.1 Å². The molecule has 0 unspecified atom stereocenters. The Kier molecular flexibility index (Phi) is 3.40. The zero-order chi connectivity index (χ0) is 13.3. The predicted molar refractivity (Wildman–Crippen MR) is 45.4 cm³/mol. The second-order valence-electron chi connectivity index (χ2n) is 3.21. The number of aliphatic imine (C=N–C) groups is 1. The maximum atomic E-state index is 13.1. The quantitative estimate of drug-likeness (QED) is 0.761. The highest BCUT2D eigenvalue weighted by Gasteiger charge is 2.74. The second kappa shape index (κ2) is 4.19. The van der Waals surface area contributed by atoms with E-state index in [1.807, 2.05) is 0 Å². The molecule has 0 aromatic rings. The van der Waals surface area contributed by atoms with E-state index in [0.29, 0.717) is 6.08 Å². The van der Waals surface area contributed by atoms with E-state index in [2.05, 4.69) is 4.99 Å². The molecule has 1 N–H and O–H groups in total. The number of hydrogen-bond acceptors (Lipinski definition) is 2. The molecule has 1 heterocycles. The van der Waals surface area contributed by atoms with Crippen LogP contribution in [0, 0.1) is 0 Å². The Morgan fingerprint density at radius 1 is 1.06 bits per heavy atom. The molecule has 0 fully saturated rings. The first-order chi connectivity index (χ1) is 7.61. The third kappa shape index (κ3) is 2.37. The summed E-state index contributed by atoms with van der Waals surface area (Å²) < 4.78 is 87.1. The van der Waals surface area contributed by atoms with Crippen LogP contribution in [0.1, 0.15) is 0 Å². The summed E-state index contributed by atoms with van der Waals surface area (Å²) in [7, 11) is 0. The topological polar surface area (TPSA) is 24.4 Å². The molecule has 0 saturated heterocycles. The van der Waals surface area contributed by atoms with Crippen LogP contribution < -0.4 is 5.32 Å². The number of nitrogens with one attached hydrogen (secondary N) is 1. The fourth-order valence-corrected chi connectivity index (χ4v) is 1.08. The number of hydrogen-bond donors (Lipinski definition) is 1. The van der Waals surface area contributed by atoms with E-state index < -0.39 is 23.7 Å². The minimum Gasteiger partial charge on any atom is -0.381 e. The SMILES string of the molecule is FC(F)(F)C(F)(F)C(F)(F)C1=CC=NCCN1. The second-order valence-corrected chi connectivity index (χ2v) is 3.21. The van der Waals surface area contributed by atoms with Gasteiger partial charge in [0.2, 0.25) is 0 Å². The van der Waals surface area contributed by atoms with Crippen molar-refractivity contribution in [2.75, 3.05) is 13.1 Å². The standard InChI is InChI=1S/C8H7F7N2/c9-6(10,7(11,12)8(13,14)15)5-1-2-16-3-4-17-5/h1-2,17H,3-4H2. The van der Waals surface area contributed by atoms with Gasteiger partial charge in [-0.2, -0.15) is 30.7 Å². The molecule has 98 valence electrons. The van der Waals surface area contributed by atoms with E-state index in [0.717, 1.165) is 6.21 Å². The van der Waals surface area contributed by atoms with Gasteiger partial charge in [0, 0.05) is 12.8 Å². The van der Waals surface area contributed by atoms with Crippen LogP contribution >= 0.6 is 0 Å². The molecule has 0 spiro atoms. The van der Waals surface area contributed by atoms with E-state index >= 15 is 0 Å². The first-order valence-electron chi connectivity index (χ1n) is 4.37. The lowest BCUT2D eigenvalue weighted by atomic mass is 10.1. The summed E-state index contributed by atoms with van der Waals surface area (Å²) in [5.41, 5.74) is -1.50. The average molecular weight is 264 g/mol. The van der Waals surface area contributed by atoms with Gasteiger partial charge in [-0.15, -0.1) is 0 Å². The highest BCUT2D eigenvalue weighted by atomic mass is 19.4. The fraction of sp³-hybridized carbons (Fsp3) is 0.625. The highest BCUT2D eigenvalue weighted by molar-refractivity contribution is 5.73. The lowest BCUT2D eigenvalue weighted by molar-refractivity contribution is -0.345. The highest BCUT2D eigenvalue weighted by Crippen LogP contribution is 2.49. The minimum absolute atomic E-state index is 0.00761. The molecule has 0 atom stereocenters. The number of allylic oxidation sites excluding steroid dienone is 2. The molecule has 9 heteroatoms. The molecule has 1 rings (SSSR count). The fourth-order valence-electron chi connectivity index (χ4n) is 1.08. The van der Waals surface area contributed by atoms with Gasteiger partial charge in [0.25, 0.3) is 0 Å². The van der Waals surface area contributed by atoms with Crippen LogP contribution in [-0.2, 0) is 0 Å². The van der Waals surface area contributed by atoms with Crippen molar-refractivity contribution in [3.63, 3.8) is 0 Å². The van der Waals surface area contributed by atoms with Gasteiger partial charge in [-0.1, -0.05) is 0 Å². The van der Waals surface area contributed by atoms with Crippen LogP contribution in [0.2, 0.25) is 0 Å². The summed E-state index contributed by atoms with van der Waals surface area (Å²) in [5, 5.41) is 1.81. The van der Waals surface area contributed by atoms with Crippen molar-refractivity contribution in [3.8, 4) is 0 Å². The van der Waals surface area contributed by atoms with Crippen molar-refractivity contribution in [1.82, 2.24) is 5.32 Å². The molecule has 0 aromatic carbocycles. The van der Waals surface area contributed by atoms with Crippen LogP contribution in [0.15, 0.2) is 16.8 Å². The zero-order valence-electron chi connectivity index (χ0n) is 8.16. The lowest BCUT2D eigenvalue weighted by Crippen LogP contribution is -2.55. The largest absolute Gasteiger partial charge is 0.460 e. The maximum absolute atomic E-state index is 13.1. The Labute approximate surface area is 91.2 Å². The monoisotopic (exact) mass is 264 g/mol. The number of halogens is 7. The molecular weight excluding hydrogens is 257 g/mol. The summed E-state index contributed by atoms with van der Waals surface area (Å²) in [6, 6.07) is 0. The normalized spacial score (nSPS) is 18.4. The molecule has 2 nitrogen and oxygen atoms in total. The molecular formula is C8H7F7N2. The number of alkyl halides is 7. The van der Waals surface area contributed by atoms with E-state index in [9.17, 15) is 30.7 Å². The molecule has 0 aromatic heterocycles. The third-order valence-electron chi connectivity index (χ3n) is 1.99. The Hall–Kier alpha value is -1.28. The lowest BCUT2D eigenvalue weighted by Gasteiger charge is -2.29. The summed E-state index contributed by atoms with van der Waals surface area (Å²) in [5.74, 6) is -11.5. The molecule has 1 aliphatic heterocycles. The first-order valence-corrected chi connectivity index (χ1v) is 4.37.